The molecule has 124 valence electrons. The first-order chi connectivity index (χ1) is 11.1. The Morgan fingerprint density at radius 2 is 2.09 bits per heavy atom. The lowest BCUT2D eigenvalue weighted by Gasteiger charge is -2.09. The summed E-state index contributed by atoms with van der Waals surface area (Å²) in [6, 6.07) is 5.63. The summed E-state index contributed by atoms with van der Waals surface area (Å²) < 4.78 is 15.5. The normalized spacial score (nSPS) is 11.3. The average molecular weight is 319 g/mol. The number of hydrogen-bond acceptors (Lipinski definition) is 6. The van der Waals surface area contributed by atoms with Gasteiger partial charge >= 0.3 is 0 Å². The number of nitrogens with zero attached hydrogens (tertiary/aromatic N) is 3. The maximum Gasteiger partial charge on any atom is 0.228 e. The minimum atomic E-state index is 0.357. The molecule has 0 saturated heterocycles. The van der Waals surface area contributed by atoms with Crippen LogP contribution in [-0.4, -0.2) is 36.9 Å². The van der Waals surface area contributed by atoms with E-state index in [0.29, 0.717) is 48.7 Å². The second-order valence-electron chi connectivity index (χ2n) is 4.80. The first kappa shape index (κ1) is 16.6. The summed E-state index contributed by atoms with van der Waals surface area (Å²) in [5.41, 5.74) is 6.81. The predicted molar refractivity (Wildman–Crippen MR) is 85.6 cm³/mol. The average Bonchev–Trinajstić information content (AvgIpc) is 2.98. The van der Waals surface area contributed by atoms with Crippen molar-refractivity contribution in [2.24, 2.45) is 10.7 Å². The van der Waals surface area contributed by atoms with Crippen LogP contribution in [0.5, 0.6) is 11.5 Å². The van der Waals surface area contributed by atoms with Crippen molar-refractivity contribution in [2.75, 3.05) is 20.8 Å². The smallest absolute Gasteiger partial charge is 0.228 e. The molecule has 0 atom stereocenters. The molecule has 0 aliphatic carbocycles. The molecule has 0 fully saturated rings. The van der Waals surface area contributed by atoms with Crippen molar-refractivity contribution in [2.45, 2.75) is 19.9 Å². The third-order valence-corrected chi connectivity index (χ3v) is 3.09. The Kier molecular flexibility index (Phi) is 5.79. The van der Waals surface area contributed by atoms with Crippen LogP contribution in [0.2, 0.25) is 0 Å². The Balaban J connectivity index is 1.84. The zero-order valence-electron chi connectivity index (χ0n) is 13.5. The lowest BCUT2D eigenvalue weighted by atomic mass is 10.2. The number of ether oxygens (including phenoxy) is 2. The zero-order valence-corrected chi connectivity index (χ0v) is 13.5. The Labute approximate surface area is 134 Å². The number of guanidine groups is 1. The maximum absolute atomic E-state index is 5.83. The molecule has 0 spiro atoms. The summed E-state index contributed by atoms with van der Waals surface area (Å²) in [5.74, 6) is 2.90. The number of aliphatic imine (C=N–C) groups is 1. The summed E-state index contributed by atoms with van der Waals surface area (Å²) >= 11 is 0. The second kappa shape index (κ2) is 8.02. The lowest BCUT2D eigenvalue weighted by Crippen LogP contribution is -2.33. The van der Waals surface area contributed by atoms with E-state index in [-0.39, 0.29) is 0 Å². The molecule has 0 aliphatic heterocycles. The first-order valence-corrected chi connectivity index (χ1v) is 7.16. The van der Waals surface area contributed by atoms with Crippen molar-refractivity contribution in [3.8, 4) is 11.5 Å². The monoisotopic (exact) mass is 319 g/mol. The topological polar surface area (TPSA) is 108 Å². The van der Waals surface area contributed by atoms with Gasteiger partial charge in [0, 0.05) is 13.0 Å². The molecule has 2 rings (SSSR count). The van der Waals surface area contributed by atoms with Crippen molar-refractivity contribution >= 4 is 5.96 Å². The number of rotatable bonds is 7. The van der Waals surface area contributed by atoms with Gasteiger partial charge < -0.3 is 25.0 Å². The van der Waals surface area contributed by atoms with Gasteiger partial charge in [0.2, 0.25) is 5.89 Å². The van der Waals surface area contributed by atoms with Gasteiger partial charge in [-0.2, -0.15) is 4.98 Å². The Bertz CT molecular complexity index is 669. The molecule has 2 aromatic rings. The molecule has 23 heavy (non-hydrogen) atoms. The molecular formula is C15H21N5O3. The van der Waals surface area contributed by atoms with E-state index in [1.165, 1.54) is 0 Å². The van der Waals surface area contributed by atoms with E-state index in [1.54, 1.807) is 21.1 Å². The van der Waals surface area contributed by atoms with Crippen LogP contribution in [-0.2, 0) is 13.0 Å². The Morgan fingerprint density at radius 1 is 1.30 bits per heavy atom. The highest BCUT2D eigenvalue weighted by atomic mass is 16.5. The van der Waals surface area contributed by atoms with Gasteiger partial charge in [-0.05, 0) is 24.6 Å². The van der Waals surface area contributed by atoms with E-state index >= 15 is 0 Å². The molecule has 3 N–H and O–H groups in total. The van der Waals surface area contributed by atoms with E-state index < -0.39 is 0 Å². The van der Waals surface area contributed by atoms with Crippen molar-refractivity contribution < 1.29 is 14.0 Å². The van der Waals surface area contributed by atoms with Crippen LogP contribution in [0.3, 0.4) is 0 Å². The largest absolute Gasteiger partial charge is 0.493 e. The lowest BCUT2D eigenvalue weighted by molar-refractivity contribution is 0.354. The van der Waals surface area contributed by atoms with E-state index in [0.717, 1.165) is 5.56 Å². The molecule has 0 aliphatic rings. The third-order valence-electron chi connectivity index (χ3n) is 3.09. The quantitative estimate of drug-likeness (QED) is 0.580. The number of benzene rings is 1. The predicted octanol–water partition coefficient (Wildman–Crippen LogP) is 1.04. The molecule has 0 radical (unpaired) electrons. The van der Waals surface area contributed by atoms with Gasteiger partial charge in [-0.15, -0.1) is 0 Å². The third kappa shape index (κ3) is 4.87. The molecule has 8 heteroatoms. The van der Waals surface area contributed by atoms with E-state index in [9.17, 15) is 0 Å². The molecule has 0 saturated carbocycles. The van der Waals surface area contributed by atoms with Crippen molar-refractivity contribution in [1.82, 2.24) is 15.5 Å². The van der Waals surface area contributed by atoms with Gasteiger partial charge in [-0.25, -0.2) is 4.99 Å². The molecule has 0 bridgehead atoms. The molecule has 1 aromatic heterocycles. The molecular weight excluding hydrogens is 298 g/mol. The Hall–Kier alpha value is -2.77. The summed E-state index contributed by atoms with van der Waals surface area (Å²) in [6.07, 6.45) is 0.591. The van der Waals surface area contributed by atoms with Gasteiger partial charge in [0.15, 0.2) is 23.3 Å². The zero-order chi connectivity index (χ0) is 16.7. The van der Waals surface area contributed by atoms with Gasteiger partial charge in [-0.1, -0.05) is 11.2 Å². The van der Waals surface area contributed by atoms with Gasteiger partial charge in [0.05, 0.1) is 20.8 Å². The minimum absolute atomic E-state index is 0.357. The highest BCUT2D eigenvalue weighted by molar-refractivity contribution is 5.77. The van der Waals surface area contributed by atoms with E-state index in [2.05, 4.69) is 20.4 Å². The Morgan fingerprint density at radius 3 is 2.74 bits per heavy atom. The molecule has 1 heterocycles. The number of aryl methyl sites for hydroxylation is 1. The van der Waals surface area contributed by atoms with Crippen LogP contribution in [0.4, 0.5) is 0 Å². The second-order valence-corrected chi connectivity index (χ2v) is 4.80. The van der Waals surface area contributed by atoms with Gasteiger partial charge in [0.1, 0.15) is 0 Å². The first-order valence-electron chi connectivity index (χ1n) is 7.16. The van der Waals surface area contributed by atoms with Crippen LogP contribution >= 0.6 is 0 Å². The van der Waals surface area contributed by atoms with Crippen LogP contribution in [0.1, 0.15) is 17.3 Å². The number of methoxy groups -OCH3 is 2. The summed E-state index contributed by atoms with van der Waals surface area (Å²) in [4.78, 5) is 8.39. The number of nitrogens with one attached hydrogen (secondary N) is 1. The summed E-state index contributed by atoms with van der Waals surface area (Å²) in [7, 11) is 3.20. The number of nitrogens with two attached hydrogens (primary N) is 1. The van der Waals surface area contributed by atoms with Crippen LogP contribution in [0, 0.1) is 6.92 Å². The fourth-order valence-electron chi connectivity index (χ4n) is 1.95. The molecule has 0 unspecified atom stereocenters. The van der Waals surface area contributed by atoms with Gasteiger partial charge in [0.25, 0.3) is 0 Å². The van der Waals surface area contributed by atoms with Crippen molar-refractivity contribution in [1.29, 1.82) is 0 Å². The SMILES string of the molecule is COc1ccc(CN=C(N)NCCc2nc(C)no2)cc1OC. The highest BCUT2D eigenvalue weighted by Gasteiger charge is 2.05. The molecule has 1 aromatic carbocycles. The fraction of sp³-hybridized carbons (Fsp3) is 0.400. The summed E-state index contributed by atoms with van der Waals surface area (Å²) in [6.45, 7) is 2.79. The van der Waals surface area contributed by atoms with Crippen LogP contribution in [0.15, 0.2) is 27.7 Å². The van der Waals surface area contributed by atoms with Crippen LogP contribution < -0.4 is 20.5 Å². The van der Waals surface area contributed by atoms with Crippen molar-refractivity contribution in [3.05, 3.63) is 35.5 Å². The van der Waals surface area contributed by atoms with E-state index in [1.807, 2.05) is 18.2 Å². The number of hydrogen-bond donors (Lipinski definition) is 2. The van der Waals surface area contributed by atoms with Crippen molar-refractivity contribution in [3.63, 3.8) is 0 Å². The van der Waals surface area contributed by atoms with Gasteiger partial charge in [-0.3, -0.25) is 0 Å². The minimum Gasteiger partial charge on any atom is -0.493 e. The summed E-state index contributed by atoms with van der Waals surface area (Å²) in [5, 5.41) is 6.73. The van der Waals surface area contributed by atoms with E-state index in [4.69, 9.17) is 19.7 Å². The standard InChI is InChI=1S/C15H21N5O3/c1-10-19-14(23-20-10)6-7-17-15(16)18-9-11-4-5-12(21-2)13(8-11)22-3/h4-5,8H,6-7,9H2,1-3H3,(H3,16,17,18). The molecule has 8 nitrogen and oxygen atoms in total. The fourth-order valence-corrected chi connectivity index (χ4v) is 1.95. The maximum atomic E-state index is 5.83. The molecule has 0 amide bonds. The highest BCUT2D eigenvalue weighted by Crippen LogP contribution is 2.27. The van der Waals surface area contributed by atoms with Crippen LogP contribution in [0.25, 0.3) is 0 Å². The number of aromatic nitrogens is 2.